The second kappa shape index (κ2) is 6.99. The van der Waals surface area contributed by atoms with E-state index in [1.54, 1.807) is 0 Å². The highest BCUT2D eigenvalue weighted by Gasteiger charge is 2.20. The van der Waals surface area contributed by atoms with Crippen LogP contribution in [0.2, 0.25) is 0 Å². The summed E-state index contributed by atoms with van der Waals surface area (Å²) in [5, 5.41) is 0. The average Bonchev–Trinajstić information content (AvgIpc) is 0.722. The molecule has 0 aliphatic carbocycles. The molecule has 0 aliphatic heterocycles. The molecule has 8 heavy (non-hydrogen) atoms. The Hall–Kier alpha value is -0.00506. The van der Waals surface area contributed by atoms with Gasteiger partial charge in [-0.05, 0) is 0 Å². The first kappa shape index (κ1) is 24.5. The molecule has 8 heteroatoms. The van der Waals surface area contributed by atoms with Gasteiger partial charge in [-0.15, -0.1) is 0 Å². The van der Waals surface area contributed by atoms with Gasteiger partial charge in [0.15, 0.2) is 0 Å². The maximum absolute atomic E-state index is 9.75. The average molecular weight is 161 g/mol. The first-order valence-corrected chi connectivity index (χ1v) is 0.873. The van der Waals surface area contributed by atoms with E-state index in [4.69, 9.17) is 0 Å². The van der Waals surface area contributed by atoms with Crippen molar-refractivity contribution in [2.24, 2.45) is 0 Å². The van der Waals surface area contributed by atoms with Crippen LogP contribution in [-0.2, 0) is 0 Å². The van der Waals surface area contributed by atoms with Gasteiger partial charge < -0.3 is 17.3 Å². The van der Waals surface area contributed by atoms with Crippen molar-refractivity contribution in [2.75, 3.05) is 0 Å². The topological polar surface area (TPSA) is 0 Å². The predicted molar refractivity (Wildman–Crippen MR) is 25.6 cm³/mol. The van der Waals surface area contributed by atoms with Gasteiger partial charge in [0, 0.05) is 0 Å². The Morgan fingerprint density at radius 1 is 0.750 bits per heavy atom. The van der Waals surface area contributed by atoms with Crippen molar-refractivity contribution in [1.29, 1.82) is 0 Å². The van der Waals surface area contributed by atoms with Crippen molar-refractivity contribution in [3.8, 4) is 0 Å². The molecule has 0 aromatic rings. The number of hydrogen-bond acceptors (Lipinski definition) is 0. The van der Waals surface area contributed by atoms with E-state index in [-0.39, 0.29) is 22.9 Å². The fourth-order valence-corrected chi connectivity index (χ4v) is 0. The number of hydrogen-bond donors (Lipinski definition) is 0. The quantitative estimate of drug-likeness (QED) is 0.374. The van der Waals surface area contributed by atoms with Crippen molar-refractivity contribution < 1.29 is 26.7 Å². The molecule has 0 aromatic carbocycles. The van der Waals surface area contributed by atoms with Crippen molar-refractivity contribution in [3.63, 3.8) is 0 Å². The van der Waals surface area contributed by atoms with Gasteiger partial charge in [-0.3, -0.25) is 9.41 Å². The lowest BCUT2D eigenvalue weighted by molar-refractivity contribution is 0.368. The van der Waals surface area contributed by atoms with E-state index in [1.165, 1.54) is 0 Å². The molecule has 0 heterocycles. The van der Waals surface area contributed by atoms with Gasteiger partial charge in [-0.25, -0.2) is 0 Å². The summed E-state index contributed by atoms with van der Waals surface area (Å²) >= 11 is 0. The van der Waals surface area contributed by atoms with E-state index in [1.807, 2.05) is 0 Å². The second-order valence-corrected chi connectivity index (χ2v) is 0.495. The van der Waals surface area contributed by atoms with Gasteiger partial charge in [0.1, 0.15) is 0 Å². The molecule has 0 N–H and O–H groups in total. The van der Waals surface area contributed by atoms with E-state index >= 15 is 0 Å². The van der Waals surface area contributed by atoms with E-state index in [2.05, 4.69) is 0 Å². The SMILES string of the molecule is F.F.F[B-](F)(F)F.S. The zero-order chi connectivity index (χ0) is 4.50. The molecule has 0 nitrogen and oxygen atoms in total. The maximum atomic E-state index is 9.75. The standard InChI is InChI=1S/BF4.2FH.H2S/c2-1(3,4)5;;;/h;2*1H;1H2/q-1;;;. The molecule has 0 radical (unpaired) electrons. The van der Waals surface area contributed by atoms with Gasteiger partial charge in [0.2, 0.25) is 0 Å². The Balaban J connectivity index is -0.0000000267. The Morgan fingerprint density at radius 2 is 0.750 bits per heavy atom. The predicted octanol–water partition coefficient (Wildman–Crippen LogP) is 1.72. The fourth-order valence-electron chi connectivity index (χ4n) is 0. The summed E-state index contributed by atoms with van der Waals surface area (Å²) in [5.74, 6) is 0. The molecule has 0 saturated heterocycles. The summed E-state index contributed by atoms with van der Waals surface area (Å²) in [6.07, 6.45) is 0. The van der Waals surface area contributed by atoms with Crippen molar-refractivity contribution in [1.82, 2.24) is 0 Å². The number of rotatable bonds is 0. The van der Waals surface area contributed by atoms with Crippen LogP contribution in [0, 0.1) is 0 Å². The van der Waals surface area contributed by atoms with Crippen LogP contribution in [0.15, 0.2) is 0 Å². The highest BCUT2D eigenvalue weighted by molar-refractivity contribution is 7.59. The molecule has 0 fully saturated rings. The minimum atomic E-state index is -6.00. The lowest BCUT2D eigenvalue weighted by Crippen LogP contribution is -2.02. The van der Waals surface area contributed by atoms with Crippen molar-refractivity contribution in [3.05, 3.63) is 0 Å². The molecule has 0 amide bonds. The Bertz CT molecular complexity index is 24.0. The molecular weight excluding hydrogens is 157 g/mol. The Kier molecular flexibility index (Phi) is 21.4. The Labute approximate surface area is 48.5 Å². The molecule has 0 atom stereocenters. The van der Waals surface area contributed by atoms with Crippen LogP contribution >= 0.6 is 13.5 Å². The van der Waals surface area contributed by atoms with Crippen LogP contribution < -0.4 is 0 Å². The molecule has 56 valence electrons. The van der Waals surface area contributed by atoms with E-state index in [0.29, 0.717) is 0 Å². The first-order valence-electron chi connectivity index (χ1n) is 0.873. The third kappa shape index (κ3) is 5830000. The van der Waals surface area contributed by atoms with Crippen LogP contribution in [0.5, 0.6) is 0 Å². The van der Waals surface area contributed by atoms with Crippen molar-refractivity contribution in [2.45, 2.75) is 0 Å². The minimum absolute atomic E-state index is 0. The molecule has 0 aliphatic rings. The molecule has 0 rings (SSSR count). The van der Waals surface area contributed by atoms with E-state index in [9.17, 15) is 17.3 Å². The fraction of sp³-hybridized carbons (Fsp3) is 0. The van der Waals surface area contributed by atoms with Gasteiger partial charge >= 0.3 is 7.25 Å². The van der Waals surface area contributed by atoms with Crippen LogP contribution in [0.4, 0.5) is 26.7 Å². The van der Waals surface area contributed by atoms with E-state index in [0.717, 1.165) is 0 Å². The summed E-state index contributed by atoms with van der Waals surface area (Å²) in [5.41, 5.74) is 0. The summed E-state index contributed by atoms with van der Waals surface area (Å²) in [6, 6.07) is 0. The summed E-state index contributed by atoms with van der Waals surface area (Å²) in [6.45, 7) is 0. The van der Waals surface area contributed by atoms with Crippen molar-refractivity contribution >= 4 is 20.8 Å². The molecule has 0 saturated carbocycles. The van der Waals surface area contributed by atoms with E-state index < -0.39 is 7.25 Å². The first-order chi connectivity index (χ1) is 2.00. The Morgan fingerprint density at radius 3 is 0.750 bits per heavy atom. The van der Waals surface area contributed by atoms with Crippen LogP contribution in [0.1, 0.15) is 0 Å². The second-order valence-electron chi connectivity index (χ2n) is 0.495. The highest BCUT2D eigenvalue weighted by atomic mass is 32.1. The zero-order valence-corrected chi connectivity index (χ0v) is 4.41. The minimum Gasteiger partial charge on any atom is -0.418 e. The number of halogens is 6. The lowest BCUT2D eigenvalue weighted by Gasteiger charge is -1.94. The normalized spacial score (nSPS) is 7.50. The van der Waals surface area contributed by atoms with Gasteiger partial charge in [0.25, 0.3) is 0 Å². The summed E-state index contributed by atoms with van der Waals surface area (Å²) in [7, 11) is -6.00. The molecule has 0 unspecified atom stereocenters. The zero-order valence-electron chi connectivity index (χ0n) is 3.41. The third-order valence-corrected chi connectivity index (χ3v) is 0. The third-order valence-electron chi connectivity index (χ3n) is 0. The molecule has 0 bridgehead atoms. The summed E-state index contributed by atoms with van der Waals surface area (Å²) in [4.78, 5) is 0. The van der Waals surface area contributed by atoms with Crippen LogP contribution in [0.3, 0.4) is 0 Å². The van der Waals surface area contributed by atoms with Crippen LogP contribution in [-0.4, -0.2) is 7.25 Å². The molecular formula is H4BF6S-. The smallest absolute Gasteiger partial charge is 0.418 e. The van der Waals surface area contributed by atoms with Gasteiger partial charge in [-0.1, -0.05) is 0 Å². The maximum Gasteiger partial charge on any atom is 0.673 e. The van der Waals surface area contributed by atoms with Gasteiger partial charge in [0.05, 0.1) is 0 Å². The molecule has 0 aromatic heterocycles. The van der Waals surface area contributed by atoms with Gasteiger partial charge in [-0.2, -0.15) is 13.5 Å². The summed E-state index contributed by atoms with van der Waals surface area (Å²) < 4.78 is 39.0. The molecule has 0 spiro atoms. The van der Waals surface area contributed by atoms with Crippen LogP contribution in [0.25, 0.3) is 0 Å². The lowest BCUT2D eigenvalue weighted by atomic mass is 10.3. The largest absolute Gasteiger partial charge is 0.673 e. The monoisotopic (exact) mass is 161 g/mol. The highest BCUT2D eigenvalue weighted by Crippen LogP contribution is 2.06.